The van der Waals surface area contributed by atoms with Crippen LogP contribution in [0.25, 0.3) is 0 Å². The molecule has 1 unspecified atom stereocenters. The van der Waals surface area contributed by atoms with E-state index in [1.165, 1.54) is 30.8 Å². The Hall–Kier alpha value is -3.46. The first-order chi connectivity index (χ1) is 14.9. The van der Waals surface area contributed by atoms with Gasteiger partial charge in [0.2, 0.25) is 0 Å². The molecular weight excluding hydrogens is 417 g/mol. The van der Waals surface area contributed by atoms with Crippen molar-refractivity contribution in [2.24, 2.45) is 12.1 Å². The van der Waals surface area contributed by atoms with Gasteiger partial charge >= 0.3 is 0 Å². The highest BCUT2D eigenvalue weighted by atomic mass is 32.2. The molecule has 0 aliphatic carbocycles. The van der Waals surface area contributed by atoms with E-state index in [0.717, 1.165) is 5.69 Å². The number of amides is 1. The van der Waals surface area contributed by atoms with Gasteiger partial charge in [0, 0.05) is 30.8 Å². The van der Waals surface area contributed by atoms with E-state index in [9.17, 15) is 14.0 Å². The Morgan fingerprint density at radius 1 is 1.19 bits per heavy atom. The van der Waals surface area contributed by atoms with Crippen molar-refractivity contribution in [3.8, 4) is 0 Å². The van der Waals surface area contributed by atoms with Gasteiger partial charge < -0.3 is 9.88 Å². The van der Waals surface area contributed by atoms with Crippen LogP contribution >= 0.6 is 11.8 Å². The summed E-state index contributed by atoms with van der Waals surface area (Å²) in [5.74, 6) is -1.04. The average molecular weight is 438 g/mol. The lowest BCUT2D eigenvalue weighted by atomic mass is 10.1. The van der Waals surface area contributed by atoms with Gasteiger partial charge in [-0.1, -0.05) is 18.2 Å². The number of Topliss-reactive ketones (excluding diaryl/α,β-unsaturated/α-hetero) is 1. The van der Waals surface area contributed by atoms with Gasteiger partial charge in [-0.2, -0.15) is 5.10 Å². The molecule has 0 bridgehead atoms. The van der Waals surface area contributed by atoms with Crippen LogP contribution in [0.4, 0.5) is 15.8 Å². The summed E-state index contributed by atoms with van der Waals surface area (Å²) in [6.45, 7) is 1.48. The molecule has 1 N–H and O–H groups in total. The van der Waals surface area contributed by atoms with Crippen LogP contribution in [0.5, 0.6) is 0 Å². The number of aryl methyl sites for hydroxylation is 1. The van der Waals surface area contributed by atoms with Crippen LogP contribution in [0.3, 0.4) is 0 Å². The highest BCUT2D eigenvalue weighted by Crippen LogP contribution is 2.33. The molecule has 1 aromatic heterocycles. The van der Waals surface area contributed by atoms with Gasteiger partial charge in [-0.05, 0) is 49.0 Å². The number of aromatic nitrogens is 2. The first-order valence-corrected chi connectivity index (χ1v) is 10.4. The Bertz CT molecular complexity index is 1160. The summed E-state index contributed by atoms with van der Waals surface area (Å²) in [5.41, 5.74) is 1.25. The van der Waals surface area contributed by atoms with Gasteiger partial charge in [0.1, 0.15) is 17.6 Å². The van der Waals surface area contributed by atoms with Crippen molar-refractivity contribution in [1.82, 2.24) is 9.55 Å². The minimum Gasteiger partial charge on any atom is -0.329 e. The predicted molar refractivity (Wildman–Crippen MR) is 118 cm³/mol. The van der Waals surface area contributed by atoms with Gasteiger partial charge in [0.25, 0.3) is 5.91 Å². The van der Waals surface area contributed by atoms with Crippen LogP contribution in [0.1, 0.15) is 13.3 Å². The number of carbonyl (C=O) groups is 2. The van der Waals surface area contributed by atoms with Crippen molar-refractivity contribution < 1.29 is 14.0 Å². The number of para-hydroxylation sites is 1. The van der Waals surface area contributed by atoms with Gasteiger partial charge in [-0.3, -0.25) is 14.6 Å². The summed E-state index contributed by atoms with van der Waals surface area (Å²) in [6.07, 6.45) is 3.64. The molecule has 4 rings (SSSR count). The highest BCUT2D eigenvalue weighted by Gasteiger charge is 2.34. The maximum Gasteiger partial charge on any atom is 0.271 e. The Kier molecular flexibility index (Phi) is 5.85. The number of benzene rings is 2. The van der Waals surface area contributed by atoms with Gasteiger partial charge in [-0.15, -0.1) is 0 Å². The Labute approximate surface area is 183 Å². The highest BCUT2D eigenvalue weighted by molar-refractivity contribution is 7.99. The number of halogens is 1. The lowest BCUT2D eigenvalue weighted by Gasteiger charge is -2.20. The topological polar surface area (TPSA) is 79.6 Å². The first kappa shape index (κ1) is 20.8. The largest absolute Gasteiger partial charge is 0.329 e. The summed E-state index contributed by atoms with van der Waals surface area (Å²) in [7, 11) is 1.85. The molecule has 9 heteroatoms. The second kappa shape index (κ2) is 8.73. The molecule has 3 aromatic rings. The number of rotatable bonds is 6. The van der Waals surface area contributed by atoms with E-state index in [0.29, 0.717) is 15.7 Å². The fourth-order valence-electron chi connectivity index (χ4n) is 3.21. The minimum absolute atomic E-state index is 0.0906. The van der Waals surface area contributed by atoms with E-state index in [1.54, 1.807) is 23.5 Å². The fourth-order valence-corrected chi connectivity index (χ4v) is 4.09. The molecule has 1 amide bonds. The number of hydrogen-bond acceptors (Lipinski definition) is 6. The summed E-state index contributed by atoms with van der Waals surface area (Å²) in [4.78, 5) is 30.0. The molecule has 1 aliphatic heterocycles. The van der Waals surface area contributed by atoms with Crippen LogP contribution in [0, 0.1) is 5.82 Å². The quantitative estimate of drug-likeness (QED) is 0.633. The van der Waals surface area contributed by atoms with E-state index < -0.39 is 17.8 Å². The van der Waals surface area contributed by atoms with Crippen LogP contribution in [-0.2, 0) is 16.6 Å². The summed E-state index contributed by atoms with van der Waals surface area (Å²) >= 11 is 1.31. The lowest BCUT2D eigenvalue weighted by molar-refractivity contribution is -0.118. The van der Waals surface area contributed by atoms with Crippen LogP contribution in [0.15, 0.2) is 76.1 Å². The number of carbonyl (C=O) groups excluding carboxylic acids is 2. The number of ketones is 1. The maximum absolute atomic E-state index is 13.9. The molecule has 0 radical (unpaired) electrons. The van der Waals surface area contributed by atoms with Crippen molar-refractivity contribution in [2.75, 3.05) is 10.3 Å². The Morgan fingerprint density at radius 2 is 1.97 bits per heavy atom. The number of hydrogen-bond donors (Lipinski definition) is 1. The molecule has 0 fully saturated rings. The monoisotopic (exact) mass is 437 g/mol. The van der Waals surface area contributed by atoms with Crippen LogP contribution < -0.4 is 10.3 Å². The second-order valence-electron chi connectivity index (χ2n) is 7.07. The summed E-state index contributed by atoms with van der Waals surface area (Å²) in [6, 6.07) is 12.8. The third-order valence-electron chi connectivity index (χ3n) is 4.83. The van der Waals surface area contributed by atoms with Gasteiger partial charge in [-0.25, -0.2) is 9.37 Å². The SMILES string of the molecule is CC(=O)C1CC(C(=O)Nc2cc(F)ccc2Sc2nccn2C)=NN1c1ccccc1. The lowest BCUT2D eigenvalue weighted by Crippen LogP contribution is -2.33. The number of nitrogens with zero attached hydrogens (tertiary/aromatic N) is 4. The van der Waals surface area contributed by atoms with Crippen molar-refractivity contribution in [1.29, 1.82) is 0 Å². The molecule has 7 nitrogen and oxygen atoms in total. The number of anilines is 2. The summed E-state index contributed by atoms with van der Waals surface area (Å²) < 4.78 is 15.7. The molecule has 2 aromatic carbocycles. The van der Waals surface area contributed by atoms with Gasteiger partial charge in [0.15, 0.2) is 10.9 Å². The molecule has 2 heterocycles. The zero-order valence-corrected chi connectivity index (χ0v) is 17.8. The minimum atomic E-state index is -0.558. The zero-order chi connectivity index (χ0) is 22.0. The van der Waals surface area contributed by atoms with E-state index >= 15 is 0 Å². The van der Waals surface area contributed by atoms with Crippen molar-refractivity contribution in [3.05, 3.63) is 66.7 Å². The van der Waals surface area contributed by atoms with E-state index in [4.69, 9.17) is 0 Å². The second-order valence-corrected chi connectivity index (χ2v) is 8.08. The summed E-state index contributed by atoms with van der Waals surface area (Å²) in [5, 5.41) is 9.41. The Morgan fingerprint density at radius 3 is 2.65 bits per heavy atom. The standard InChI is InChI=1S/C22H20FN5O2S/c1-14(29)19-13-18(26-28(19)16-6-4-3-5-7-16)21(30)25-17-12-15(23)8-9-20(17)31-22-24-10-11-27(22)2/h3-12,19H,13H2,1-2H3,(H,25,30). The smallest absolute Gasteiger partial charge is 0.271 e. The molecule has 0 saturated carbocycles. The molecule has 0 saturated heterocycles. The Balaban J connectivity index is 1.59. The third-order valence-corrected chi connectivity index (χ3v) is 5.98. The zero-order valence-electron chi connectivity index (χ0n) is 16.9. The first-order valence-electron chi connectivity index (χ1n) is 9.60. The van der Waals surface area contributed by atoms with E-state index in [-0.39, 0.29) is 17.9 Å². The normalized spacial score (nSPS) is 15.6. The molecule has 158 valence electrons. The van der Waals surface area contributed by atoms with Crippen molar-refractivity contribution >= 4 is 40.5 Å². The maximum atomic E-state index is 13.9. The van der Waals surface area contributed by atoms with Crippen molar-refractivity contribution in [2.45, 2.75) is 29.4 Å². The number of imidazole rings is 1. The van der Waals surface area contributed by atoms with E-state index in [2.05, 4.69) is 15.4 Å². The van der Waals surface area contributed by atoms with Crippen LogP contribution in [-0.4, -0.2) is 33.0 Å². The molecular formula is C22H20FN5O2S. The van der Waals surface area contributed by atoms with Crippen molar-refractivity contribution in [3.63, 3.8) is 0 Å². The van der Waals surface area contributed by atoms with Gasteiger partial charge in [0.05, 0.1) is 11.4 Å². The number of hydrazone groups is 1. The fraction of sp³-hybridized carbons (Fsp3) is 0.182. The molecule has 1 aliphatic rings. The van der Waals surface area contributed by atoms with E-state index in [1.807, 2.05) is 41.9 Å². The van der Waals surface area contributed by atoms with Crippen LogP contribution in [0.2, 0.25) is 0 Å². The third kappa shape index (κ3) is 4.51. The number of nitrogens with one attached hydrogen (secondary N) is 1. The predicted octanol–water partition coefficient (Wildman–Crippen LogP) is 3.87. The molecule has 31 heavy (non-hydrogen) atoms. The average Bonchev–Trinajstić information content (AvgIpc) is 3.37. The molecule has 0 spiro atoms. The molecule has 1 atom stereocenters.